The molecular weight excluding hydrogens is 306 g/mol. The summed E-state index contributed by atoms with van der Waals surface area (Å²) in [6.45, 7) is 1.81. The lowest BCUT2D eigenvalue weighted by molar-refractivity contribution is 0.102. The number of amides is 1. The van der Waals surface area contributed by atoms with Crippen molar-refractivity contribution in [1.29, 1.82) is 0 Å². The maximum absolute atomic E-state index is 12.1. The molecule has 128 valence electrons. The van der Waals surface area contributed by atoms with Gasteiger partial charge in [0.25, 0.3) is 5.91 Å². The zero-order valence-electron chi connectivity index (χ0n) is 14.2. The third kappa shape index (κ3) is 5.51. The number of nitrogens with zero attached hydrogens (tertiary/aromatic N) is 3. The molecule has 1 amide bonds. The van der Waals surface area contributed by atoms with Crippen molar-refractivity contribution in [1.82, 2.24) is 15.1 Å². The molecule has 7 heteroatoms. The fourth-order valence-corrected chi connectivity index (χ4v) is 2.03. The maximum Gasteiger partial charge on any atom is 0.276 e. The van der Waals surface area contributed by atoms with Crippen molar-refractivity contribution in [2.75, 3.05) is 44.9 Å². The molecule has 1 aromatic carbocycles. The van der Waals surface area contributed by atoms with E-state index in [-0.39, 0.29) is 11.6 Å². The van der Waals surface area contributed by atoms with Gasteiger partial charge in [-0.2, -0.15) is 0 Å². The molecule has 2 aromatic rings. The smallest absolute Gasteiger partial charge is 0.276 e. The lowest BCUT2D eigenvalue weighted by Crippen LogP contribution is -2.17. The molecule has 0 bridgehead atoms. The SMILES string of the molecule is COc1ccc(NC(=O)c2ccc(NCCCN(C)C)nn2)cc1. The molecule has 0 saturated heterocycles. The van der Waals surface area contributed by atoms with E-state index in [4.69, 9.17) is 4.74 Å². The van der Waals surface area contributed by atoms with Crippen molar-refractivity contribution in [2.45, 2.75) is 6.42 Å². The third-order valence-electron chi connectivity index (χ3n) is 3.33. The highest BCUT2D eigenvalue weighted by Gasteiger charge is 2.08. The van der Waals surface area contributed by atoms with Gasteiger partial charge in [-0.05, 0) is 63.5 Å². The number of hydrogen-bond donors (Lipinski definition) is 2. The molecule has 1 heterocycles. The average Bonchev–Trinajstić information content (AvgIpc) is 2.59. The first-order valence-corrected chi connectivity index (χ1v) is 7.76. The second-order valence-electron chi connectivity index (χ2n) is 5.57. The van der Waals surface area contributed by atoms with E-state index in [0.29, 0.717) is 11.5 Å². The highest BCUT2D eigenvalue weighted by atomic mass is 16.5. The monoisotopic (exact) mass is 329 g/mol. The van der Waals surface area contributed by atoms with Crippen LogP contribution in [0.25, 0.3) is 0 Å². The second-order valence-corrected chi connectivity index (χ2v) is 5.57. The number of carbonyl (C=O) groups excluding carboxylic acids is 1. The standard InChI is InChI=1S/C17H23N5O2/c1-22(2)12-4-11-18-16-10-9-15(20-21-16)17(23)19-13-5-7-14(24-3)8-6-13/h5-10H,4,11-12H2,1-3H3,(H,18,21)(H,19,23). The summed E-state index contributed by atoms with van der Waals surface area (Å²) in [5.41, 5.74) is 0.943. The molecule has 0 spiro atoms. The highest BCUT2D eigenvalue weighted by molar-refractivity contribution is 6.02. The number of nitrogens with one attached hydrogen (secondary N) is 2. The minimum atomic E-state index is -0.299. The van der Waals surface area contributed by atoms with Crippen LogP contribution in [0, 0.1) is 0 Å². The molecule has 0 atom stereocenters. The van der Waals surface area contributed by atoms with Crippen molar-refractivity contribution >= 4 is 17.4 Å². The molecule has 0 aliphatic carbocycles. The molecule has 7 nitrogen and oxygen atoms in total. The minimum absolute atomic E-state index is 0.268. The Morgan fingerprint density at radius 3 is 2.46 bits per heavy atom. The molecule has 0 unspecified atom stereocenters. The molecule has 1 aromatic heterocycles. The van der Waals surface area contributed by atoms with Crippen LogP contribution in [0.5, 0.6) is 5.75 Å². The van der Waals surface area contributed by atoms with Gasteiger partial charge in [0.1, 0.15) is 11.6 Å². The lowest BCUT2D eigenvalue weighted by Gasteiger charge is -2.10. The topological polar surface area (TPSA) is 79.4 Å². The Balaban J connectivity index is 1.86. The molecule has 0 radical (unpaired) electrons. The van der Waals surface area contributed by atoms with E-state index in [9.17, 15) is 4.79 Å². The Kier molecular flexibility index (Phi) is 6.51. The van der Waals surface area contributed by atoms with Gasteiger partial charge in [0.2, 0.25) is 0 Å². The summed E-state index contributed by atoms with van der Waals surface area (Å²) in [7, 11) is 5.67. The normalized spacial score (nSPS) is 10.5. The summed E-state index contributed by atoms with van der Waals surface area (Å²) in [5, 5.41) is 13.9. The van der Waals surface area contributed by atoms with E-state index in [1.807, 2.05) is 14.1 Å². The summed E-state index contributed by atoms with van der Waals surface area (Å²) in [6, 6.07) is 10.5. The van der Waals surface area contributed by atoms with Crippen LogP contribution in [0.4, 0.5) is 11.5 Å². The van der Waals surface area contributed by atoms with Gasteiger partial charge in [-0.15, -0.1) is 10.2 Å². The quantitative estimate of drug-likeness (QED) is 0.722. The Bertz CT molecular complexity index is 641. The Morgan fingerprint density at radius 1 is 1.12 bits per heavy atom. The Labute approximate surface area is 142 Å². The van der Waals surface area contributed by atoms with E-state index < -0.39 is 0 Å². The van der Waals surface area contributed by atoms with Crippen LogP contribution in [0.3, 0.4) is 0 Å². The van der Waals surface area contributed by atoms with Crippen LogP contribution in [0.1, 0.15) is 16.9 Å². The number of anilines is 2. The third-order valence-corrected chi connectivity index (χ3v) is 3.33. The Hall–Kier alpha value is -2.67. The first kappa shape index (κ1) is 17.7. The predicted octanol–water partition coefficient (Wildman–Crippen LogP) is 2.10. The maximum atomic E-state index is 12.1. The summed E-state index contributed by atoms with van der Waals surface area (Å²) in [5.74, 6) is 1.10. The van der Waals surface area contributed by atoms with Gasteiger partial charge in [0.05, 0.1) is 7.11 Å². The zero-order valence-corrected chi connectivity index (χ0v) is 14.2. The first-order chi connectivity index (χ1) is 11.6. The van der Waals surface area contributed by atoms with Crippen LogP contribution >= 0.6 is 0 Å². The van der Waals surface area contributed by atoms with E-state index in [1.54, 1.807) is 43.5 Å². The van der Waals surface area contributed by atoms with E-state index in [2.05, 4.69) is 25.7 Å². The van der Waals surface area contributed by atoms with Crippen molar-refractivity contribution in [2.24, 2.45) is 0 Å². The largest absolute Gasteiger partial charge is 0.497 e. The van der Waals surface area contributed by atoms with Crippen LogP contribution in [-0.2, 0) is 0 Å². The van der Waals surface area contributed by atoms with Gasteiger partial charge in [-0.1, -0.05) is 0 Å². The van der Waals surface area contributed by atoms with Gasteiger partial charge in [-0.25, -0.2) is 0 Å². The van der Waals surface area contributed by atoms with Crippen molar-refractivity contribution in [3.63, 3.8) is 0 Å². The van der Waals surface area contributed by atoms with Gasteiger partial charge < -0.3 is 20.3 Å². The Morgan fingerprint density at radius 2 is 1.88 bits per heavy atom. The molecule has 0 saturated carbocycles. The number of aromatic nitrogens is 2. The zero-order chi connectivity index (χ0) is 17.4. The van der Waals surface area contributed by atoms with Crippen molar-refractivity contribution in [3.8, 4) is 5.75 Å². The van der Waals surface area contributed by atoms with Gasteiger partial charge in [-0.3, -0.25) is 4.79 Å². The van der Waals surface area contributed by atoms with Crippen LogP contribution in [0.2, 0.25) is 0 Å². The van der Waals surface area contributed by atoms with Gasteiger partial charge >= 0.3 is 0 Å². The van der Waals surface area contributed by atoms with Crippen LogP contribution in [-0.4, -0.2) is 55.3 Å². The number of benzene rings is 1. The fourth-order valence-electron chi connectivity index (χ4n) is 2.03. The average molecular weight is 329 g/mol. The van der Waals surface area contributed by atoms with Crippen LogP contribution in [0.15, 0.2) is 36.4 Å². The molecule has 0 aliphatic rings. The van der Waals surface area contributed by atoms with Crippen molar-refractivity contribution < 1.29 is 9.53 Å². The summed E-state index contributed by atoms with van der Waals surface area (Å²) in [6.07, 6.45) is 1.01. The molecule has 0 aliphatic heterocycles. The van der Waals surface area contributed by atoms with E-state index in [0.717, 1.165) is 25.3 Å². The number of ether oxygens (including phenoxy) is 1. The summed E-state index contributed by atoms with van der Waals surface area (Å²) >= 11 is 0. The number of rotatable bonds is 8. The number of carbonyl (C=O) groups is 1. The second kappa shape index (κ2) is 8.83. The molecule has 0 fully saturated rings. The van der Waals surface area contributed by atoms with E-state index in [1.165, 1.54) is 0 Å². The molecule has 24 heavy (non-hydrogen) atoms. The summed E-state index contributed by atoms with van der Waals surface area (Å²) in [4.78, 5) is 14.3. The molecule has 2 rings (SSSR count). The molecule has 2 N–H and O–H groups in total. The number of methoxy groups -OCH3 is 1. The van der Waals surface area contributed by atoms with Crippen LogP contribution < -0.4 is 15.4 Å². The lowest BCUT2D eigenvalue weighted by atomic mass is 10.3. The predicted molar refractivity (Wildman–Crippen MR) is 94.6 cm³/mol. The first-order valence-electron chi connectivity index (χ1n) is 7.76. The van der Waals surface area contributed by atoms with Crippen molar-refractivity contribution in [3.05, 3.63) is 42.1 Å². The molecular formula is C17H23N5O2. The van der Waals surface area contributed by atoms with Gasteiger partial charge in [0.15, 0.2) is 5.69 Å². The fraction of sp³-hybridized carbons (Fsp3) is 0.353. The summed E-state index contributed by atoms with van der Waals surface area (Å²) < 4.78 is 5.08. The highest BCUT2D eigenvalue weighted by Crippen LogP contribution is 2.15. The minimum Gasteiger partial charge on any atom is -0.497 e. The number of hydrogen-bond acceptors (Lipinski definition) is 6. The van der Waals surface area contributed by atoms with E-state index >= 15 is 0 Å². The van der Waals surface area contributed by atoms with Gasteiger partial charge in [0, 0.05) is 12.2 Å².